The Bertz CT molecular complexity index is 923. The SMILES string of the molecule is C[C@@H](C(=O)N1CC(=O)Nc2ccccc21)[NH+]1CCN(C(=O)c2ccccc2)CC1. The lowest BCUT2D eigenvalue weighted by Gasteiger charge is -2.37. The molecule has 2 heterocycles. The number of fused-ring (bicyclic) bond motifs is 1. The van der Waals surface area contributed by atoms with Crippen LogP contribution in [0.1, 0.15) is 17.3 Å². The fourth-order valence-electron chi connectivity index (χ4n) is 4.03. The van der Waals surface area contributed by atoms with Crippen LogP contribution < -0.4 is 15.1 Å². The zero-order chi connectivity index (χ0) is 20.4. The molecule has 0 aliphatic carbocycles. The summed E-state index contributed by atoms with van der Waals surface area (Å²) in [6, 6.07) is 16.3. The van der Waals surface area contributed by atoms with Gasteiger partial charge in [0.1, 0.15) is 6.54 Å². The zero-order valence-electron chi connectivity index (χ0n) is 16.4. The lowest BCUT2D eigenvalue weighted by Crippen LogP contribution is -3.19. The number of quaternary nitrogens is 1. The third-order valence-electron chi connectivity index (χ3n) is 5.73. The minimum absolute atomic E-state index is 0.0326. The maximum atomic E-state index is 13.2. The van der Waals surface area contributed by atoms with E-state index in [4.69, 9.17) is 0 Å². The van der Waals surface area contributed by atoms with Crippen LogP contribution in [0.2, 0.25) is 0 Å². The predicted octanol–water partition coefficient (Wildman–Crippen LogP) is 0.401. The Morgan fingerprint density at radius 1 is 1.00 bits per heavy atom. The second-order valence-electron chi connectivity index (χ2n) is 7.53. The maximum absolute atomic E-state index is 13.2. The summed E-state index contributed by atoms with van der Waals surface area (Å²) in [6.07, 6.45) is 0. The molecule has 0 spiro atoms. The molecule has 2 aromatic carbocycles. The van der Waals surface area contributed by atoms with E-state index in [9.17, 15) is 14.4 Å². The van der Waals surface area contributed by atoms with E-state index in [1.807, 2.05) is 60.4 Å². The Hall–Kier alpha value is -3.19. The van der Waals surface area contributed by atoms with Gasteiger partial charge in [-0.25, -0.2) is 0 Å². The quantitative estimate of drug-likeness (QED) is 0.793. The Kier molecular flexibility index (Phi) is 5.31. The van der Waals surface area contributed by atoms with Gasteiger partial charge >= 0.3 is 0 Å². The van der Waals surface area contributed by atoms with Crippen LogP contribution in [0.25, 0.3) is 0 Å². The van der Waals surface area contributed by atoms with Gasteiger partial charge in [0.25, 0.3) is 11.8 Å². The number of piperazine rings is 1. The molecule has 1 fully saturated rings. The molecule has 0 radical (unpaired) electrons. The summed E-state index contributed by atoms with van der Waals surface area (Å²) in [6.45, 7) is 4.56. The number of carbonyl (C=O) groups excluding carboxylic acids is 3. The second kappa shape index (κ2) is 8.05. The van der Waals surface area contributed by atoms with Crippen LogP contribution in [0.5, 0.6) is 0 Å². The molecule has 0 saturated carbocycles. The largest absolute Gasteiger partial charge is 0.327 e. The number of carbonyl (C=O) groups is 3. The van der Waals surface area contributed by atoms with E-state index in [1.165, 1.54) is 0 Å². The number of benzene rings is 2. The number of hydrogen-bond acceptors (Lipinski definition) is 3. The Balaban J connectivity index is 1.41. The number of amides is 3. The summed E-state index contributed by atoms with van der Waals surface area (Å²) < 4.78 is 0. The number of para-hydroxylation sites is 2. The van der Waals surface area contributed by atoms with Crippen LogP contribution in [0.15, 0.2) is 54.6 Å². The minimum Gasteiger partial charge on any atom is -0.327 e. The number of nitrogens with one attached hydrogen (secondary N) is 2. The molecule has 0 unspecified atom stereocenters. The lowest BCUT2D eigenvalue weighted by atomic mass is 10.1. The molecule has 29 heavy (non-hydrogen) atoms. The lowest BCUT2D eigenvalue weighted by molar-refractivity contribution is -0.917. The summed E-state index contributed by atoms with van der Waals surface area (Å²) in [5, 5.41) is 2.81. The topological polar surface area (TPSA) is 74.2 Å². The van der Waals surface area contributed by atoms with Crippen molar-refractivity contribution in [1.29, 1.82) is 0 Å². The maximum Gasteiger partial charge on any atom is 0.285 e. The highest BCUT2D eigenvalue weighted by Gasteiger charge is 2.36. The van der Waals surface area contributed by atoms with Crippen molar-refractivity contribution in [2.75, 3.05) is 42.9 Å². The van der Waals surface area contributed by atoms with Gasteiger partial charge in [-0.2, -0.15) is 0 Å². The molecule has 2 aromatic rings. The van der Waals surface area contributed by atoms with Gasteiger partial charge in [0.15, 0.2) is 6.04 Å². The van der Waals surface area contributed by atoms with Gasteiger partial charge in [-0.1, -0.05) is 30.3 Å². The molecule has 4 rings (SSSR count). The fourth-order valence-corrected chi connectivity index (χ4v) is 4.03. The number of nitrogens with zero attached hydrogens (tertiary/aromatic N) is 2. The van der Waals surface area contributed by atoms with Crippen molar-refractivity contribution in [3.05, 3.63) is 60.2 Å². The average molecular weight is 393 g/mol. The molecule has 0 bridgehead atoms. The highest BCUT2D eigenvalue weighted by Crippen LogP contribution is 2.29. The zero-order valence-corrected chi connectivity index (χ0v) is 16.4. The predicted molar refractivity (Wildman–Crippen MR) is 110 cm³/mol. The summed E-state index contributed by atoms with van der Waals surface area (Å²) in [7, 11) is 0. The minimum atomic E-state index is -0.289. The highest BCUT2D eigenvalue weighted by molar-refractivity contribution is 6.10. The van der Waals surface area contributed by atoms with Crippen LogP contribution >= 0.6 is 0 Å². The first-order valence-electron chi connectivity index (χ1n) is 9.94. The third-order valence-corrected chi connectivity index (χ3v) is 5.73. The Morgan fingerprint density at radius 3 is 2.38 bits per heavy atom. The fraction of sp³-hybridized carbons (Fsp3) is 0.318. The third kappa shape index (κ3) is 3.86. The van der Waals surface area contributed by atoms with Gasteiger partial charge in [0.2, 0.25) is 5.91 Å². The second-order valence-corrected chi connectivity index (χ2v) is 7.53. The van der Waals surface area contributed by atoms with Crippen molar-refractivity contribution in [2.24, 2.45) is 0 Å². The van der Waals surface area contributed by atoms with Crippen LogP contribution in [0.4, 0.5) is 11.4 Å². The molecule has 3 amide bonds. The monoisotopic (exact) mass is 393 g/mol. The summed E-state index contributed by atoms with van der Waals surface area (Å²) in [5.74, 6) is -0.215. The van der Waals surface area contributed by atoms with Crippen molar-refractivity contribution >= 4 is 29.1 Å². The number of rotatable bonds is 3. The van der Waals surface area contributed by atoms with E-state index in [1.54, 1.807) is 11.0 Å². The van der Waals surface area contributed by atoms with Crippen molar-refractivity contribution in [2.45, 2.75) is 13.0 Å². The summed E-state index contributed by atoms with van der Waals surface area (Å²) in [5.41, 5.74) is 2.09. The number of anilines is 2. The van der Waals surface area contributed by atoms with Gasteiger partial charge in [0.05, 0.1) is 37.6 Å². The van der Waals surface area contributed by atoms with Crippen molar-refractivity contribution in [3.63, 3.8) is 0 Å². The first kappa shape index (κ1) is 19.1. The van der Waals surface area contributed by atoms with Crippen molar-refractivity contribution in [3.8, 4) is 0 Å². The Labute approximate surface area is 169 Å². The van der Waals surface area contributed by atoms with Gasteiger partial charge in [0, 0.05) is 5.56 Å². The Morgan fingerprint density at radius 2 is 1.66 bits per heavy atom. The van der Waals surface area contributed by atoms with Gasteiger partial charge in [-0.15, -0.1) is 0 Å². The average Bonchev–Trinajstić information content (AvgIpc) is 2.77. The molecule has 7 nitrogen and oxygen atoms in total. The van der Waals surface area contributed by atoms with E-state index in [0.29, 0.717) is 37.4 Å². The molecular weight excluding hydrogens is 368 g/mol. The smallest absolute Gasteiger partial charge is 0.285 e. The molecular formula is C22H25N4O3+. The molecule has 1 saturated heterocycles. The normalized spacial score (nSPS) is 18.0. The molecule has 0 aromatic heterocycles. The summed E-state index contributed by atoms with van der Waals surface area (Å²) in [4.78, 5) is 42.4. The van der Waals surface area contributed by atoms with E-state index < -0.39 is 0 Å². The highest BCUT2D eigenvalue weighted by atomic mass is 16.2. The molecule has 150 valence electrons. The van der Waals surface area contributed by atoms with Crippen molar-refractivity contribution in [1.82, 2.24) is 4.90 Å². The number of hydrogen-bond donors (Lipinski definition) is 2. The van der Waals surface area contributed by atoms with E-state index in [2.05, 4.69) is 5.32 Å². The van der Waals surface area contributed by atoms with Crippen LogP contribution in [0, 0.1) is 0 Å². The summed E-state index contributed by atoms with van der Waals surface area (Å²) >= 11 is 0. The standard InChI is InChI=1S/C22H24N4O3/c1-16(21(28)26-15-20(27)23-18-9-5-6-10-19(18)26)24-11-13-25(14-12-24)22(29)17-7-3-2-4-8-17/h2-10,16H,11-15H2,1H3,(H,23,27)/p+1/t16-/m0/s1. The van der Waals surface area contributed by atoms with E-state index in [-0.39, 0.29) is 30.3 Å². The molecule has 7 heteroatoms. The molecule has 2 N–H and O–H groups in total. The first-order valence-corrected chi connectivity index (χ1v) is 9.94. The molecule has 2 aliphatic rings. The van der Waals surface area contributed by atoms with Gasteiger partial charge in [-0.05, 0) is 31.2 Å². The van der Waals surface area contributed by atoms with Crippen LogP contribution in [-0.4, -0.2) is 61.4 Å². The van der Waals surface area contributed by atoms with E-state index in [0.717, 1.165) is 10.6 Å². The molecule has 2 aliphatic heterocycles. The first-order chi connectivity index (χ1) is 14.0. The van der Waals surface area contributed by atoms with Gasteiger partial charge < -0.3 is 15.1 Å². The molecule has 1 atom stereocenters. The van der Waals surface area contributed by atoms with E-state index >= 15 is 0 Å². The van der Waals surface area contributed by atoms with Crippen molar-refractivity contribution < 1.29 is 19.3 Å². The van der Waals surface area contributed by atoms with Crippen LogP contribution in [-0.2, 0) is 9.59 Å². The van der Waals surface area contributed by atoms with Gasteiger partial charge in [-0.3, -0.25) is 19.3 Å². The van der Waals surface area contributed by atoms with Crippen LogP contribution in [0.3, 0.4) is 0 Å².